The molecule has 0 bridgehead atoms. The number of halogens is 3. The van der Waals surface area contributed by atoms with E-state index >= 15 is 0 Å². The molecule has 0 radical (unpaired) electrons. The van der Waals surface area contributed by atoms with Crippen LogP contribution in [0.4, 0.5) is 19.0 Å². The van der Waals surface area contributed by atoms with E-state index < -0.39 is 48.8 Å². The third-order valence-electron chi connectivity index (χ3n) is 3.65. The first-order valence-corrected chi connectivity index (χ1v) is 6.30. The molecule has 120 valence electrons. The lowest BCUT2D eigenvalue weighted by Gasteiger charge is -2.37. The molecule has 1 unspecified atom stereocenters. The summed E-state index contributed by atoms with van der Waals surface area (Å²) in [5, 5.41) is 18.4. The lowest BCUT2D eigenvalue weighted by molar-refractivity contribution is -0.194. The third kappa shape index (κ3) is 2.95. The first-order valence-electron chi connectivity index (χ1n) is 6.30. The fourth-order valence-corrected chi connectivity index (χ4v) is 2.49. The first kappa shape index (κ1) is 16.0. The molecule has 4 N–H and O–H groups in total. The first-order chi connectivity index (χ1) is 10.1. The number of nitrogens with one attached hydrogen (secondary N) is 1. The zero-order chi connectivity index (χ0) is 16.5. The number of aliphatic carboxylic acids is 1. The molecule has 0 aromatic carbocycles. The van der Waals surface area contributed by atoms with E-state index in [-0.39, 0.29) is 11.4 Å². The fourth-order valence-electron chi connectivity index (χ4n) is 2.49. The zero-order valence-corrected chi connectivity index (χ0v) is 11.2. The predicted octanol–water partition coefficient (Wildman–Crippen LogP) is 0.371. The summed E-state index contributed by atoms with van der Waals surface area (Å²) in [4.78, 5) is 23.5. The van der Waals surface area contributed by atoms with Crippen molar-refractivity contribution in [3.63, 3.8) is 0 Å². The monoisotopic (exact) mass is 318 g/mol. The van der Waals surface area contributed by atoms with Gasteiger partial charge in [-0.3, -0.25) is 9.59 Å². The number of nitrogens with zero attached hydrogens (tertiary/aromatic N) is 2. The van der Waals surface area contributed by atoms with Crippen LogP contribution in [0.25, 0.3) is 0 Å². The Labute approximate surface area is 122 Å². The van der Waals surface area contributed by atoms with Crippen LogP contribution >= 0.6 is 0 Å². The summed E-state index contributed by atoms with van der Waals surface area (Å²) in [6, 6.07) is 1.28. The molecule has 0 saturated carbocycles. The number of carbonyl (C=O) groups is 2. The molecule has 0 aliphatic carbocycles. The van der Waals surface area contributed by atoms with Gasteiger partial charge in [0.05, 0.1) is 12.1 Å². The van der Waals surface area contributed by atoms with Crippen LogP contribution in [0, 0.1) is 11.3 Å². The second kappa shape index (κ2) is 5.43. The number of hydrogen-bond acceptors (Lipinski definition) is 5. The van der Waals surface area contributed by atoms with E-state index in [1.807, 2.05) is 5.32 Å². The summed E-state index contributed by atoms with van der Waals surface area (Å²) >= 11 is 0. The molecule has 7 nitrogen and oxygen atoms in total. The van der Waals surface area contributed by atoms with Crippen LogP contribution in [0.3, 0.4) is 0 Å². The normalized spacial score (nSPS) is 25.6. The molecule has 1 amide bonds. The number of hydrogen-bond donors (Lipinski definition) is 3. The Balaban J connectivity index is 2.37. The number of aromatic nitrogens is 2. The topological polar surface area (TPSA) is 118 Å². The number of carbonyl (C=O) groups excluding carboxylic acids is 1. The Morgan fingerprint density at radius 1 is 1.55 bits per heavy atom. The lowest BCUT2D eigenvalue weighted by atomic mass is 9.71. The number of anilines is 1. The van der Waals surface area contributed by atoms with Gasteiger partial charge in [-0.1, -0.05) is 0 Å². The van der Waals surface area contributed by atoms with Crippen LogP contribution in [0.5, 0.6) is 0 Å². The molecule has 2 atom stereocenters. The molecule has 22 heavy (non-hydrogen) atoms. The molecule has 1 aliphatic heterocycles. The van der Waals surface area contributed by atoms with E-state index in [2.05, 4.69) is 10.2 Å². The molecule has 1 fully saturated rings. The van der Waals surface area contributed by atoms with Crippen molar-refractivity contribution in [2.45, 2.75) is 19.0 Å². The highest BCUT2D eigenvalue weighted by Crippen LogP contribution is 2.41. The maximum atomic E-state index is 12.9. The van der Waals surface area contributed by atoms with Gasteiger partial charge in [-0.15, -0.1) is 5.10 Å². The quantitative estimate of drug-likeness (QED) is 0.693. The lowest BCUT2D eigenvalue weighted by Crippen LogP contribution is -2.57. The predicted molar refractivity (Wildman–Crippen MR) is 67.4 cm³/mol. The van der Waals surface area contributed by atoms with Gasteiger partial charge in [-0.2, -0.15) is 18.3 Å². The standard InChI is InChI=1S/C12H13F3N4O3/c13-12(14,15)7-3-11(10(21)22,9(20)17-5-7)2-6-1-8(16)19-18-4-6/h1,4,7H,2-3,5H2,(H2,16,19)(H,17,20)(H,21,22)/t7-,11?/m1/s1. The number of nitrogen functional groups attached to an aromatic ring is 1. The second-order valence-electron chi connectivity index (χ2n) is 5.21. The van der Waals surface area contributed by atoms with Gasteiger partial charge in [0, 0.05) is 6.54 Å². The number of carboxylic acid groups (broad SMARTS) is 1. The van der Waals surface area contributed by atoms with E-state index in [9.17, 15) is 27.9 Å². The number of amides is 1. The van der Waals surface area contributed by atoms with Crippen LogP contribution in [0.2, 0.25) is 0 Å². The highest BCUT2D eigenvalue weighted by molar-refractivity contribution is 6.02. The SMILES string of the molecule is Nc1cc(CC2(C(=O)O)C[C@@H](C(F)(F)F)CNC2=O)cnn1. The van der Waals surface area contributed by atoms with Crippen LogP contribution in [0.15, 0.2) is 12.3 Å². The molecule has 1 saturated heterocycles. The molecule has 2 rings (SSSR count). The molecular formula is C12H13F3N4O3. The largest absolute Gasteiger partial charge is 0.480 e. The van der Waals surface area contributed by atoms with Gasteiger partial charge < -0.3 is 16.2 Å². The van der Waals surface area contributed by atoms with Crippen LogP contribution in [-0.2, 0) is 16.0 Å². The van der Waals surface area contributed by atoms with Crippen LogP contribution in [0.1, 0.15) is 12.0 Å². The Hall–Kier alpha value is -2.39. The van der Waals surface area contributed by atoms with Gasteiger partial charge >= 0.3 is 12.1 Å². The Morgan fingerprint density at radius 3 is 2.77 bits per heavy atom. The minimum atomic E-state index is -4.59. The van der Waals surface area contributed by atoms with Crippen molar-refractivity contribution in [1.29, 1.82) is 0 Å². The number of carboxylic acids is 1. The third-order valence-corrected chi connectivity index (χ3v) is 3.65. The molecule has 1 aromatic rings. The Bertz CT molecular complexity index is 608. The number of nitrogens with two attached hydrogens (primary N) is 1. The average Bonchev–Trinajstić information content (AvgIpc) is 2.39. The van der Waals surface area contributed by atoms with Crippen molar-refractivity contribution in [2.75, 3.05) is 12.3 Å². The molecule has 1 aliphatic rings. The van der Waals surface area contributed by atoms with E-state index in [0.29, 0.717) is 0 Å². The maximum Gasteiger partial charge on any atom is 0.393 e. The summed E-state index contributed by atoms with van der Waals surface area (Å²) < 4.78 is 38.7. The molecule has 0 spiro atoms. The fraction of sp³-hybridized carbons (Fsp3) is 0.500. The molecular weight excluding hydrogens is 305 g/mol. The summed E-state index contributed by atoms with van der Waals surface area (Å²) in [5.74, 6) is -4.50. The average molecular weight is 318 g/mol. The number of alkyl halides is 3. The Morgan fingerprint density at radius 2 is 2.23 bits per heavy atom. The smallest absolute Gasteiger partial charge is 0.393 e. The van der Waals surface area contributed by atoms with E-state index in [4.69, 9.17) is 5.73 Å². The zero-order valence-electron chi connectivity index (χ0n) is 11.2. The van der Waals surface area contributed by atoms with Gasteiger partial charge in [0.25, 0.3) is 0 Å². The van der Waals surface area contributed by atoms with E-state index in [1.54, 1.807) is 0 Å². The van der Waals surface area contributed by atoms with E-state index in [1.165, 1.54) is 12.3 Å². The summed E-state index contributed by atoms with van der Waals surface area (Å²) in [6.45, 7) is -0.631. The van der Waals surface area contributed by atoms with Crippen molar-refractivity contribution < 1.29 is 27.9 Å². The molecule has 2 heterocycles. The van der Waals surface area contributed by atoms with Crippen molar-refractivity contribution in [1.82, 2.24) is 15.5 Å². The van der Waals surface area contributed by atoms with Crippen molar-refractivity contribution in [3.8, 4) is 0 Å². The summed E-state index contributed by atoms with van der Waals surface area (Å²) in [7, 11) is 0. The Kier molecular flexibility index (Phi) is 3.94. The van der Waals surface area contributed by atoms with Crippen LogP contribution in [-0.4, -0.2) is 39.9 Å². The summed E-state index contributed by atoms with van der Waals surface area (Å²) in [6.07, 6.45) is -4.70. The van der Waals surface area contributed by atoms with Gasteiger partial charge in [0.15, 0.2) is 5.41 Å². The second-order valence-corrected chi connectivity index (χ2v) is 5.21. The van der Waals surface area contributed by atoms with Gasteiger partial charge in [-0.25, -0.2) is 0 Å². The highest BCUT2D eigenvalue weighted by atomic mass is 19.4. The van der Waals surface area contributed by atoms with Gasteiger partial charge in [-0.05, 0) is 24.5 Å². The highest BCUT2D eigenvalue weighted by Gasteiger charge is 2.56. The minimum Gasteiger partial charge on any atom is -0.480 e. The van der Waals surface area contributed by atoms with Gasteiger partial charge in [0.1, 0.15) is 5.82 Å². The maximum absolute atomic E-state index is 12.9. The summed E-state index contributed by atoms with van der Waals surface area (Å²) in [5.41, 5.74) is 3.43. The number of piperidine rings is 1. The molecule has 1 aromatic heterocycles. The van der Waals surface area contributed by atoms with Crippen molar-refractivity contribution in [2.24, 2.45) is 11.3 Å². The van der Waals surface area contributed by atoms with E-state index in [0.717, 1.165) is 0 Å². The van der Waals surface area contributed by atoms with Crippen LogP contribution < -0.4 is 11.1 Å². The minimum absolute atomic E-state index is 0.0124. The van der Waals surface area contributed by atoms with Crippen molar-refractivity contribution >= 4 is 17.7 Å². The number of rotatable bonds is 3. The van der Waals surface area contributed by atoms with Crippen molar-refractivity contribution in [3.05, 3.63) is 17.8 Å². The van der Waals surface area contributed by atoms with Gasteiger partial charge in [0.2, 0.25) is 5.91 Å². The molecule has 10 heteroatoms.